The second-order valence-corrected chi connectivity index (χ2v) is 15.0. The third kappa shape index (κ3) is 11.6. The summed E-state index contributed by atoms with van der Waals surface area (Å²) in [5, 5.41) is 9.45. The normalized spacial score (nSPS) is 14.5. The number of halogens is 7. The smallest absolute Gasteiger partial charge is 0.410 e. The highest BCUT2D eigenvalue weighted by molar-refractivity contribution is 9.11. The van der Waals surface area contributed by atoms with Crippen LogP contribution in [0.5, 0.6) is 0 Å². The monoisotopic (exact) mass is 906 g/mol. The lowest BCUT2D eigenvalue weighted by Crippen LogP contribution is -2.50. The summed E-state index contributed by atoms with van der Waals surface area (Å²) in [5.41, 5.74) is 0.702. The molecule has 2 aliphatic rings. The lowest BCUT2D eigenvalue weighted by atomic mass is 10.2. The average Bonchev–Trinajstić information content (AvgIpc) is 3.10. The van der Waals surface area contributed by atoms with Crippen LogP contribution in [0.2, 0.25) is 10.0 Å². The Balaban J connectivity index is 0.000000236. The zero-order chi connectivity index (χ0) is 36.7. The third-order valence-electron chi connectivity index (χ3n) is 7.45. The molecule has 2 aromatic heterocycles. The van der Waals surface area contributed by atoms with E-state index >= 15 is 0 Å². The fraction of sp³-hybridized carbons (Fsp3) is 0.364. The Hall–Kier alpha value is -3.28. The summed E-state index contributed by atoms with van der Waals surface area (Å²) >= 11 is 18.6. The van der Waals surface area contributed by atoms with E-state index in [9.17, 15) is 13.6 Å². The van der Waals surface area contributed by atoms with Gasteiger partial charge in [-0.1, -0.05) is 23.2 Å². The van der Waals surface area contributed by atoms with Crippen molar-refractivity contribution >= 4 is 108 Å². The summed E-state index contributed by atoms with van der Waals surface area (Å²) in [4.78, 5) is 35.8. The van der Waals surface area contributed by atoms with Gasteiger partial charge in [-0.2, -0.15) is 9.97 Å². The van der Waals surface area contributed by atoms with Crippen molar-refractivity contribution in [3.8, 4) is 0 Å². The molecule has 52 heavy (non-hydrogen) atoms. The second-order valence-electron chi connectivity index (χ2n) is 12.4. The summed E-state index contributed by atoms with van der Waals surface area (Å²) in [7, 11) is 0. The van der Waals surface area contributed by atoms with Crippen LogP contribution in [0.3, 0.4) is 0 Å². The summed E-state index contributed by atoms with van der Waals surface area (Å²) in [6.45, 7) is 11.4. The van der Waals surface area contributed by atoms with Crippen LogP contribution in [-0.2, 0) is 4.74 Å². The molecule has 0 unspecified atom stereocenters. The molecule has 0 spiro atoms. The van der Waals surface area contributed by atoms with Crippen LogP contribution in [-0.4, -0.2) is 88.9 Å². The van der Waals surface area contributed by atoms with Gasteiger partial charge in [-0.15, -0.1) is 12.4 Å². The van der Waals surface area contributed by atoms with Crippen LogP contribution in [0, 0.1) is 11.6 Å². The highest BCUT2D eigenvalue weighted by Crippen LogP contribution is 2.29. The van der Waals surface area contributed by atoms with Crippen molar-refractivity contribution in [3.05, 3.63) is 79.4 Å². The highest BCUT2D eigenvalue weighted by Gasteiger charge is 2.27. The number of carbonyl (C=O) groups excluding carboxylic acids is 1. The topological polar surface area (TPSA) is 124 Å². The Labute approximate surface area is 333 Å². The van der Waals surface area contributed by atoms with Crippen molar-refractivity contribution in [1.82, 2.24) is 30.2 Å². The molecule has 2 aromatic carbocycles. The van der Waals surface area contributed by atoms with Gasteiger partial charge in [0.05, 0.1) is 19.0 Å². The van der Waals surface area contributed by atoms with E-state index in [-0.39, 0.29) is 28.5 Å². The lowest BCUT2D eigenvalue weighted by molar-refractivity contribution is 0.0240. The molecule has 1 amide bonds. The summed E-state index contributed by atoms with van der Waals surface area (Å²) < 4.78 is 33.5. The molecule has 2 fully saturated rings. The predicted molar refractivity (Wildman–Crippen MR) is 211 cm³/mol. The molecule has 3 N–H and O–H groups in total. The van der Waals surface area contributed by atoms with Crippen molar-refractivity contribution in [1.29, 1.82) is 0 Å². The first-order valence-electron chi connectivity index (χ1n) is 15.9. The van der Waals surface area contributed by atoms with E-state index in [1.54, 1.807) is 29.4 Å². The number of carbonyl (C=O) groups is 1. The largest absolute Gasteiger partial charge is 0.444 e. The van der Waals surface area contributed by atoms with Crippen molar-refractivity contribution in [2.24, 2.45) is 0 Å². The first kappa shape index (κ1) is 41.5. The number of hydrogen-bond donors (Lipinski definition) is 3. The Kier molecular flexibility index (Phi) is 14.9. The van der Waals surface area contributed by atoms with Gasteiger partial charge >= 0.3 is 6.09 Å². The van der Waals surface area contributed by atoms with Crippen LogP contribution >= 0.6 is 67.5 Å². The molecule has 0 atom stereocenters. The number of nitrogens with one attached hydrogen (secondary N) is 3. The second kappa shape index (κ2) is 18.7. The van der Waals surface area contributed by atoms with Crippen molar-refractivity contribution in [3.63, 3.8) is 0 Å². The van der Waals surface area contributed by atoms with Crippen molar-refractivity contribution in [2.45, 2.75) is 26.4 Å². The van der Waals surface area contributed by atoms with Gasteiger partial charge in [0, 0.05) is 76.1 Å². The number of rotatable bonds is 6. The minimum Gasteiger partial charge on any atom is -0.444 e. The minimum absolute atomic E-state index is 0. The van der Waals surface area contributed by atoms with Gasteiger partial charge < -0.3 is 35.4 Å². The standard InChI is InChI=1S/C19H22BrClFN5O2.C14H14BrClFN5.ClH/c1-19(2,3)29-18(28)27-8-6-26(7-9-27)16-13(20)11-23-17(25-16)24-12-4-5-15(22)14(21)10-12;15-10-8-19-14(20-9-1-2-12(17)11(16)7-9)21-13(10)22-5-3-18-4-6-22;/h4-5,10-11H,6-9H2,1-3H3,(H,23,24,25);1-2,7-8,18H,3-6H2,(H,19,20,21);1H. The van der Waals surface area contributed by atoms with Gasteiger partial charge in [-0.3, -0.25) is 0 Å². The van der Waals surface area contributed by atoms with Crippen LogP contribution in [0.4, 0.5) is 48.5 Å². The Morgan fingerprint density at radius 2 is 1.23 bits per heavy atom. The van der Waals surface area contributed by atoms with Gasteiger partial charge in [0.15, 0.2) is 0 Å². The van der Waals surface area contributed by atoms with Crippen LogP contribution < -0.4 is 25.8 Å². The van der Waals surface area contributed by atoms with E-state index in [4.69, 9.17) is 27.9 Å². The number of benzene rings is 2. The fourth-order valence-electron chi connectivity index (χ4n) is 4.99. The minimum atomic E-state index is -0.520. The molecule has 19 heteroatoms. The van der Waals surface area contributed by atoms with Gasteiger partial charge in [0.25, 0.3) is 0 Å². The van der Waals surface area contributed by atoms with Gasteiger partial charge in [0.2, 0.25) is 11.9 Å². The first-order chi connectivity index (χ1) is 24.3. The molecule has 2 aliphatic heterocycles. The van der Waals surface area contributed by atoms with Crippen LogP contribution in [0.1, 0.15) is 20.8 Å². The fourth-order valence-corrected chi connectivity index (χ4v) is 6.23. The number of nitrogens with zero attached hydrogens (tertiary/aromatic N) is 7. The van der Waals surface area contributed by atoms with E-state index in [2.05, 4.69) is 77.5 Å². The van der Waals surface area contributed by atoms with Gasteiger partial charge in [-0.25, -0.2) is 23.5 Å². The molecular formula is C33H37Br2Cl3F2N10O2. The number of ether oxygens (including phenoxy) is 1. The summed E-state index contributed by atoms with van der Waals surface area (Å²) in [5.74, 6) is 1.41. The zero-order valence-corrected chi connectivity index (χ0v) is 33.9. The Morgan fingerprint density at radius 3 is 1.65 bits per heavy atom. The Morgan fingerprint density at radius 1 is 0.788 bits per heavy atom. The number of hydrogen-bond acceptors (Lipinski definition) is 11. The molecular weight excluding hydrogens is 873 g/mol. The van der Waals surface area contributed by atoms with E-state index in [0.717, 1.165) is 40.9 Å². The van der Waals surface area contributed by atoms with E-state index in [0.29, 0.717) is 55.3 Å². The average molecular weight is 910 g/mol. The molecule has 12 nitrogen and oxygen atoms in total. The third-order valence-corrected chi connectivity index (χ3v) is 9.15. The predicted octanol–water partition coefficient (Wildman–Crippen LogP) is 8.44. The summed E-state index contributed by atoms with van der Waals surface area (Å²) in [6.07, 6.45) is 3.04. The SMILES string of the molecule is CC(C)(C)OC(=O)N1CCN(c2nc(Nc3ccc(F)c(Cl)c3)ncc2Br)CC1.Cl.Fc1ccc(Nc2ncc(Br)c(N3CCNCC3)n2)cc1Cl. The van der Waals surface area contributed by atoms with Crippen LogP contribution in [0.25, 0.3) is 0 Å². The highest BCUT2D eigenvalue weighted by atomic mass is 79.9. The number of anilines is 6. The quantitative estimate of drug-likeness (QED) is 0.173. The first-order valence-corrected chi connectivity index (χ1v) is 18.3. The van der Waals surface area contributed by atoms with E-state index in [1.165, 1.54) is 24.3 Å². The van der Waals surface area contributed by atoms with Gasteiger partial charge in [-0.05, 0) is 89.0 Å². The molecule has 0 saturated carbocycles. The number of piperazine rings is 2. The lowest BCUT2D eigenvalue weighted by Gasteiger charge is -2.36. The van der Waals surface area contributed by atoms with E-state index < -0.39 is 17.2 Å². The molecule has 4 aromatic rings. The Bertz CT molecular complexity index is 1850. The maximum Gasteiger partial charge on any atom is 0.410 e. The zero-order valence-electron chi connectivity index (χ0n) is 28.4. The molecule has 0 aliphatic carbocycles. The van der Waals surface area contributed by atoms with E-state index in [1.807, 2.05) is 20.8 Å². The van der Waals surface area contributed by atoms with Crippen molar-refractivity contribution in [2.75, 3.05) is 72.8 Å². The molecule has 2 saturated heterocycles. The molecule has 0 bridgehead atoms. The van der Waals surface area contributed by atoms with Crippen LogP contribution in [0.15, 0.2) is 57.7 Å². The maximum atomic E-state index is 13.3. The molecule has 4 heterocycles. The maximum absolute atomic E-state index is 13.3. The molecule has 280 valence electrons. The molecule has 0 radical (unpaired) electrons. The van der Waals surface area contributed by atoms with Crippen molar-refractivity contribution < 1.29 is 18.3 Å². The number of amides is 1. The van der Waals surface area contributed by atoms with Gasteiger partial charge in [0.1, 0.15) is 28.9 Å². The molecule has 6 rings (SSSR count). The summed E-state index contributed by atoms with van der Waals surface area (Å²) in [6, 6.07) is 8.72. The number of aromatic nitrogens is 4.